The van der Waals surface area contributed by atoms with Crippen LogP contribution in [0.3, 0.4) is 0 Å². The number of hydrogen-bond donors (Lipinski definition) is 1. The van der Waals surface area contributed by atoms with Gasteiger partial charge in [0.05, 0.1) is 12.8 Å². The molecule has 0 aromatic heterocycles. The van der Waals surface area contributed by atoms with Crippen molar-refractivity contribution in [2.75, 3.05) is 31.9 Å². The summed E-state index contributed by atoms with van der Waals surface area (Å²) < 4.78 is 15.4. The summed E-state index contributed by atoms with van der Waals surface area (Å²) in [5, 5.41) is 11.3. The van der Waals surface area contributed by atoms with Gasteiger partial charge in [-0.2, -0.15) is 5.26 Å². The molecule has 29 heavy (non-hydrogen) atoms. The monoisotopic (exact) mass is 412 g/mol. The highest BCUT2D eigenvalue weighted by molar-refractivity contribution is 7.98. The zero-order valence-electron chi connectivity index (χ0n) is 16.0. The zero-order chi connectivity index (χ0) is 21.1. The lowest BCUT2D eigenvalue weighted by molar-refractivity contribution is -0.142. The highest BCUT2D eigenvalue weighted by atomic mass is 32.2. The third kappa shape index (κ3) is 6.90. The SMILES string of the molecule is COc1cc(/C=C/C(=O)OCC(=O)Nc2ccccc2SC)ccc1OCC#N. The van der Waals surface area contributed by atoms with Crippen LogP contribution >= 0.6 is 11.8 Å². The summed E-state index contributed by atoms with van der Waals surface area (Å²) in [4.78, 5) is 24.8. The third-order valence-corrected chi connectivity index (χ3v) is 4.41. The molecule has 0 saturated heterocycles. The van der Waals surface area contributed by atoms with Gasteiger partial charge >= 0.3 is 5.97 Å². The lowest BCUT2D eigenvalue weighted by Crippen LogP contribution is -2.20. The molecule has 1 amide bonds. The molecule has 2 rings (SSSR count). The molecule has 7 nitrogen and oxygen atoms in total. The minimum absolute atomic E-state index is 0.0959. The average molecular weight is 412 g/mol. The summed E-state index contributed by atoms with van der Waals surface area (Å²) in [6.07, 6.45) is 4.65. The zero-order valence-corrected chi connectivity index (χ0v) is 16.8. The number of benzene rings is 2. The van der Waals surface area contributed by atoms with Gasteiger partial charge in [-0.25, -0.2) is 4.79 Å². The number of carbonyl (C=O) groups is 2. The number of methoxy groups -OCH3 is 1. The Bertz CT molecular complexity index is 937. The molecule has 2 aromatic carbocycles. The van der Waals surface area contributed by atoms with E-state index in [9.17, 15) is 9.59 Å². The molecule has 0 saturated carbocycles. The van der Waals surface area contributed by atoms with Crippen molar-refractivity contribution < 1.29 is 23.8 Å². The molecule has 2 aromatic rings. The Hall–Kier alpha value is -3.44. The Morgan fingerprint density at radius 3 is 2.72 bits per heavy atom. The normalized spacial score (nSPS) is 10.2. The number of nitrogens with zero attached hydrogens (tertiary/aromatic N) is 1. The maximum Gasteiger partial charge on any atom is 0.331 e. The minimum atomic E-state index is -0.651. The highest BCUT2D eigenvalue weighted by Crippen LogP contribution is 2.28. The van der Waals surface area contributed by atoms with Gasteiger partial charge in [0.1, 0.15) is 6.07 Å². The quantitative estimate of drug-likeness (QED) is 0.382. The first-order chi connectivity index (χ1) is 14.1. The molecule has 0 heterocycles. The Kier molecular flexibility index (Phi) is 8.60. The maximum atomic E-state index is 12.0. The van der Waals surface area contributed by atoms with Gasteiger partial charge in [-0.05, 0) is 42.2 Å². The first kappa shape index (κ1) is 21.9. The van der Waals surface area contributed by atoms with E-state index in [-0.39, 0.29) is 6.61 Å². The van der Waals surface area contributed by atoms with Gasteiger partial charge in [-0.15, -0.1) is 11.8 Å². The Balaban J connectivity index is 1.89. The van der Waals surface area contributed by atoms with Crippen molar-refractivity contribution in [1.29, 1.82) is 5.26 Å². The molecule has 0 aliphatic heterocycles. The van der Waals surface area contributed by atoms with E-state index in [1.165, 1.54) is 31.0 Å². The second-order valence-corrected chi connectivity index (χ2v) is 6.39. The molecule has 8 heteroatoms. The average Bonchev–Trinajstić information content (AvgIpc) is 2.75. The summed E-state index contributed by atoms with van der Waals surface area (Å²) >= 11 is 1.51. The molecule has 150 valence electrons. The summed E-state index contributed by atoms with van der Waals surface area (Å²) in [7, 11) is 1.48. The van der Waals surface area contributed by atoms with E-state index in [1.54, 1.807) is 24.3 Å². The van der Waals surface area contributed by atoms with Crippen molar-refractivity contribution in [1.82, 2.24) is 0 Å². The van der Waals surface area contributed by atoms with Crippen LogP contribution in [-0.2, 0) is 14.3 Å². The topological polar surface area (TPSA) is 97.7 Å². The number of hydrogen-bond acceptors (Lipinski definition) is 7. The Labute approximate surface area is 173 Å². The maximum absolute atomic E-state index is 12.0. The predicted molar refractivity (Wildman–Crippen MR) is 111 cm³/mol. The van der Waals surface area contributed by atoms with Gasteiger partial charge < -0.3 is 19.5 Å². The van der Waals surface area contributed by atoms with E-state index < -0.39 is 18.5 Å². The van der Waals surface area contributed by atoms with E-state index in [0.29, 0.717) is 22.7 Å². The molecule has 0 aliphatic carbocycles. The largest absolute Gasteiger partial charge is 0.493 e. The van der Waals surface area contributed by atoms with Gasteiger partial charge in [-0.3, -0.25) is 4.79 Å². The molecule has 0 bridgehead atoms. The first-order valence-electron chi connectivity index (χ1n) is 8.53. The Morgan fingerprint density at radius 1 is 1.21 bits per heavy atom. The van der Waals surface area contributed by atoms with E-state index in [1.807, 2.05) is 30.5 Å². The smallest absolute Gasteiger partial charge is 0.331 e. The number of thioether (sulfide) groups is 1. The number of para-hydroxylation sites is 1. The van der Waals surface area contributed by atoms with Crippen molar-refractivity contribution >= 4 is 35.4 Å². The van der Waals surface area contributed by atoms with E-state index >= 15 is 0 Å². The van der Waals surface area contributed by atoms with Gasteiger partial charge in [-0.1, -0.05) is 18.2 Å². The second kappa shape index (κ2) is 11.4. The number of amides is 1. The van der Waals surface area contributed by atoms with Crippen molar-refractivity contribution in [3.63, 3.8) is 0 Å². The molecule has 0 spiro atoms. The minimum Gasteiger partial charge on any atom is -0.493 e. The van der Waals surface area contributed by atoms with Crippen molar-refractivity contribution in [2.45, 2.75) is 4.90 Å². The molecular formula is C21H20N2O5S. The summed E-state index contributed by atoms with van der Waals surface area (Å²) in [6.45, 7) is -0.489. The van der Waals surface area contributed by atoms with E-state index in [2.05, 4.69) is 5.32 Å². The molecule has 1 N–H and O–H groups in total. The molecule has 0 radical (unpaired) electrons. The molecule has 0 unspecified atom stereocenters. The van der Waals surface area contributed by atoms with E-state index in [4.69, 9.17) is 19.5 Å². The lowest BCUT2D eigenvalue weighted by atomic mass is 10.2. The van der Waals surface area contributed by atoms with E-state index in [0.717, 1.165) is 4.90 Å². The van der Waals surface area contributed by atoms with Crippen LogP contribution in [0.5, 0.6) is 11.5 Å². The fourth-order valence-corrected chi connectivity index (χ4v) is 2.85. The summed E-state index contributed by atoms with van der Waals surface area (Å²) in [6, 6.07) is 14.2. The number of rotatable bonds is 9. The van der Waals surface area contributed by atoms with Gasteiger partial charge in [0, 0.05) is 11.0 Å². The molecule has 0 aliphatic rings. The standard InChI is InChI=1S/C21H20N2O5S/c1-26-18-13-15(7-9-17(18)27-12-11-22)8-10-21(25)28-14-20(24)23-16-5-3-4-6-19(16)29-2/h3-10,13H,12,14H2,1-2H3,(H,23,24)/b10-8+. The van der Waals surface area contributed by atoms with Crippen LogP contribution in [-0.4, -0.2) is 38.5 Å². The van der Waals surface area contributed by atoms with Gasteiger partial charge in [0.25, 0.3) is 5.91 Å². The van der Waals surface area contributed by atoms with Crippen LogP contribution in [0.25, 0.3) is 6.08 Å². The van der Waals surface area contributed by atoms with Crippen LogP contribution < -0.4 is 14.8 Å². The first-order valence-corrected chi connectivity index (χ1v) is 9.75. The fourth-order valence-electron chi connectivity index (χ4n) is 2.30. The van der Waals surface area contributed by atoms with Crippen LogP contribution in [0.4, 0.5) is 5.69 Å². The van der Waals surface area contributed by atoms with Crippen molar-refractivity contribution in [2.24, 2.45) is 0 Å². The van der Waals surface area contributed by atoms with Gasteiger partial charge in [0.15, 0.2) is 24.7 Å². The highest BCUT2D eigenvalue weighted by Gasteiger charge is 2.09. The molecule has 0 atom stereocenters. The number of esters is 1. The van der Waals surface area contributed by atoms with Crippen molar-refractivity contribution in [3.05, 3.63) is 54.1 Å². The number of ether oxygens (including phenoxy) is 3. The summed E-state index contributed by atoms with van der Waals surface area (Å²) in [5.74, 6) is -0.213. The van der Waals surface area contributed by atoms with Crippen LogP contribution in [0.15, 0.2) is 53.4 Å². The molecule has 0 fully saturated rings. The van der Waals surface area contributed by atoms with Crippen LogP contribution in [0.2, 0.25) is 0 Å². The fraction of sp³-hybridized carbons (Fsp3) is 0.190. The lowest BCUT2D eigenvalue weighted by Gasteiger charge is -2.09. The van der Waals surface area contributed by atoms with Crippen LogP contribution in [0, 0.1) is 11.3 Å². The number of carbonyl (C=O) groups excluding carboxylic acids is 2. The number of anilines is 1. The summed E-state index contributed by atoms with van der Waals surface area (Å²) in [5.41, 5.74) is 1.34. The number of nitriles is 1. The number of nitrogens with one attached hydrogen (secondary N) is 1. The predicted octanol–water partition coefficient (Wildman–Crippen LogP) is 3.51. The van der Waals surface area contributed by atoms with Crippen molar-refractivity contribution in [3.8, 4) is 17.6 Å². The third-order valence-electron chi connectivity index (χ3n) is 3.62. The Morgan fingerprint density at radius 2 is 2.00 bits per heavy atom. The van der Waals surface area contributed by atoms with Gasteiger partial charge in [0.2, 0.25) is 0 Å². The molecular weight excluding hydrogens is 392 g/mol. The van der Waals surface area contributed by atoms with Crippen LogP contribution in [0.1, 0.15) is 5.56 Å². The second-order valence-electron chi connectivity index (χ2n) is 5.55.